The lowest BCUT2D eigenvalue weighted by molar-refractivity contribution is 0.414. The number of fused-ring (bicyclic) bond motifs is 1. The summed E-state index contributed by atoms with van der Waals surface area (Å²) in [7, 11) is 1.54. The summed E-state index contributed by atoms with van der Waals surface area (Å²) in [6.45, 7) is 0. The molecular weight excluding hydrogens is 266 g/mol. The minimum Gasteiger partial charge on any atom is -0.497 e. The number of benzene rings is 2. The maximum atomic E-state index is 12.4. The zero-order valence-corrected chi connectivity index (χ0v) is 11.3. The Kier molecular flexibility index (Phi) is 3.17. The van der Waals surface area contributed by atoms with Crippen molar-refractivity contribution in [1.82, 2.24) is 0 Å². The van der Waals surface area contributed by atoms with E-state index < -0.39 is 0 Å². The Morgan fingerprint density at radius 3 is 2.57 bits per heavy atom. The minimum atomic E-state index is -0.333. The quantitative estimate of drug-likeness (QED) is 0.720. The molecule has 0 aliphatic rings. The smallest absolute Gasteiger partial charge is 0.211 e. The Morgan fingerprint density at radius 1 is 1.14 bits per heavy atom. The van der Waals surface area contributed by atoms with Crippen molar-refractivity contribution in [1.29, 1.82) is 5.26 Å². The van der Waals surface area contributed by atoms with E-state index in [0.717, 1.165) is 0 Å². The summed E-state index contributed by atoms with van der Waals surface area (Å²) in [6, 6.07) is 16.0. The first-order chi connectivity index (χ1) is 10.2. The second-order valence-electron chi connectivity index (χ2n) is 4.48. The predicted molar refractivity (Wildman–Crippen MR) is 79.2 cm³/mol. The molecule has 0 aliphatic carbocycles. The van der Waals surface area contributed by atoms with Gasteiger partial charge < -0.3 is 9.15 Å². The normalized spacial score (nSPS) is 10.3. The van der Waals surface area contributed by atoms with Crippen molar-refractivity contribution in [2.24, 2.45) is 0 Å². The molecule has 102 valence electrons. The van der Waals surface area contributed by atoms with Crippen molar-refractivity contribution in [2.75, 3.05) is 7.11 Å². The van der Waals surface area contributed by atoms with Gasteiger partial charge in [-0.05, 0) is 12.1 Å². The van der Waals surface area contributed by atoms with Crippen molar-refractivity contribution in [3.63, 3.8) is 0 Å². The SMILES string of the molecule is COc1ccc2c(=O)c(C#N)c(-c3ccccc3)oc2c1. The van der Waals surface area contributed by atoms with E-state index >= 15 is 0 Å². The molecule has 0 bridgehead atoms. The monoisotopic (exact) mass is 277 g/mol. The van der Waals surface area contributed by atoms with Crippen molar-refractivity contribution in [3.05, 3.63) is 64.3 Å². The number of methoxy groups -OCH3 is 1. The van der Waals surface area contributed by atoms with E-state index in [0.29, 0.717) is 22.3 Å². The molecule has 0 saturated carbocycles. The lowest BCUT2D eigenvalue weighted by Crippen LogP contribution is -2.08. The fourth-order valence-corrected chi connectivity index (χ4v) is 2.19. The lowest BCUT2D eigenvalue weighted by Gasteiger charge is -2.06. The van der Waals surface area contributed by atoms with E-state index in [1.165, 1.54) is 0 Å². The molecule has 3 rings (SSSR count). The van der Waals surface area contributed by atoms with Gasteiger partial charge in [-0.25, -0.2) is 0 Å². The zero-order chi connectivity index (χ0) is 14.8. The summed E-state index contributed by atoms with van der Waals surface area (Å²) in [6.07, 6.45) is 0. The van der Waals surface area contributed by atoms with E-state index in [1.54, 1.807) is 37.4 Å². The van der Waals surface area contributed by atoms with Crippen LogP contribution in [0.15, 0.2) is 57.7 Å². The molecule has 0 amide bonds. The van der Waals surface area contributed by atoms with Gasteiger partial charge in [0.2, 0.25) is 5.43 Å². The van der Waals surface area contributed by atoms with E-state index in [9.17, 15) is 10.1 Å². The average molecular weight is 277 g/mol. The first kappa shape index (κ1) is 12.9. The molecule has 4 heteroatoms. The Morgan fingerprint density at radius 2 is 1.90 bits per heavy atom. The van der Waals surface area contributed by atoms with Crippen molar-refractivity contribution in [3.8, 4) is 23.1 Å². The molecule has 0 saturated heterocycles. The van der Waals surface area contributed by atoms with Gasteiger partial charge in [0, 0.05) is 11.6 Å². The van der Waals surface area contributed by atoms with E-state index in [2.05, 4.69) is 0 Å². The molecule has 1 aromatic heterocycles. The molecule has 0 radical (unpaired) electrons. The number of ether oxygens (including phenoxy) is 1. The number of hydrogen-bond donors (Lipinski definition) is 0. The van der Waals surface area contributed by atoms with Crippen molar-refractivity contribution in [2.45, 2.75) is 0 Å². The van der Waals surface area contributed by atoms with Crippen LogP contribution in [-0.2, 0) is 0 Å². The highest BCUT2D eigenvalue weighted by Gasteiger charge is 2.16. The molecule has 21 heavy (non-hydrogen) atoms. The fourth-order valence-electron chi connectivity index (χ4n) is 2.19. The molecule has 2 aromatic carbocycles. The molecule has 0 spiro atoms. The van der Waals surface area contributed by atoms with Gasteiger partial charge in [-0.1, -0.05) is 30.3 Å². The van der Waals surface area contributed by atoms with Crippen LogP contribution in [-0.4, -0.2) is 7.11 Å². The standard InChI is InChI=1S/C17H11NO3/c1-20-12-7-8-13-15(9-12)21-17(14(10-18)16(13)19)11-5-3-2-4-6-11/h2-9H,1H3. The summed E-state index contributed by atoms with van der Waals surface area (Å²) < 4.78 is 10.9. The van der Waals surface area contributed by atoms with Crippen LogP contribution >= 0.6 is 0 Å². The van der Waals surface area contributed by atoms with Crippen LogP contribution in [0.5, 0.6) is 5.75 Å². The molecule has 0 atom stereocenters. The second kappa shape index (κ2) is 5.14. The van der Waals surface area contributed by atoms with Gasteiger partial charge in [0.15, 0.2) is 5.76 Å². The van der Waals surface area contributed by atoms with Crippen LogP contribution in [0.1, 0.15) is 5.56 Å². The highest BCUT2D eigenvalue weighted by Crippen LogP contribution is 2.27. The van der Waals surface area contributed by atoms with Crippen molar-refractivity contribution < 1.29 is 9.15 Å². The van der Waals surface area contributed by atoms with Gasteiger partial charge in [-0.3, -0.25) is 4.79 Å². The average Bonchev–Trinajstić information content (AvgIpc) is 2.55. The van der Waals surface area contributed by atoms with Crippen LogP contribution in [0.25, 0.3) is 22.3 Å². The molecule has 0 fully saturated rings. The number of rotatable bonds is 2. The van der Waals surface area contributed by atoms with Crippen LogP contribution in [0.4, 0.5) is 0 Å². The number of nitrogens with zero attached hydrogens (tertiary/aromatic N) is 1. The molecule has 3 aromatic rings. The Labute approximate surface area is 120 Å². The maximum Gasteiger partial charge on any atom is 0.211 e. The molecule has 0 unspecified atom stereocenters. The van der Waals surface area contributed by atoms with Gasteiger partial charge in [-0.2, -0.15) is 5.26 Å². The second-order valence-corrected chi connectivity index (χ2v) is 4.48. The summed E-state index contributed by atoms with van der Waals surface area (Å²) in [5.41, 5.74) is 0.771. The predicted octanol–water partition coefficient (Wildman–Crippen LogP) is 3.34. The molecule has 4 nitrogen and oxygen atoms in total. The highest BCUT2D eigenvalue weighted by atomic mass is 16.5. The molecular formula is C17H11NO3. The highest BCUT2D eigenvalue weighted by molar-refractivity contribution is 5.82. The lowest BCUT2D eigenvalue weighted by atomic mass is 10.1. The summed E-state index contributed by atoms with van der Waals surface area (Å²) in [5.74, 6) is 0.873. The van der Waals surface area contributed by atoms with Gasteiger partial charge in [0.1, 0.15) is 23.0 Å². The fraction of sp³-hybridized carbons (Fsp3) is 0.0588. The van der Waals surface area contributed by atoms with E-state index in [4.69, 9.17) is 9.15 Å². The van der Waals surface area contributed by atoms with E-state index in [1.807, 2.05) is 24.3 Å². The van der Waals surface area contributed by atoms with Crippen LogP contribution < -0.4 is 10.2 Å². The Balaban J connectivity index is 2.39. The summed E-state index contributed by atoms with van der Waals surface area (Å²) >= 11 is 0. The topological polar surface area (TPSA) is 63.2 Å². The number of nitriles is 1. The third-order valence-corrected chi connectivity index (χ3v) is 3.25. The molecule has 0 aliphatic heterocycles. The zero-order valence-electron chi connectivity index (χ0n) is 11.3. The third kappa shape index (κ3) is 2.15. The molecule has 1 heterocycles. The largest absolute Gasteiger partial charge is 0.497 e. The Hall–Kier alpha value is -3.06. The van der Waals surface area contributed by atoms with Gasteiger partial charge in [0.05, 0.1) is 12.5 Å². The summed E-state index contributed by atoms with van der Waals surface area (Å²) in [4.78, 5) is 12.4. The number of hydrogen-bond acceptors (Lipinski definition) is 4. The van der Waals surface area contributed by atoms with Crippen LogP contribution in [0.2, 0.25) is 0 Å². The minimum absolute atomic E-state index is 0.0128. The first-order valence-electron chi connectivity index (χ1n) is 6.35. The third-order valence-electron chi connectivity index (χ3n) is 3.25. The summed E-state index contributed by atoms with van der Waals surface area (Å²) in [5, 5.41) is 9.65. The maximum absolute atomic E-state index is 12.4. The first-order valence-corrected chi connectivity index (χ1v) is 6.35. The van der Waals surface area contributed by atoms with Gasteiger partial charge in [-0.15, -0.1) is 0 Å². The van der Waals surface area contributed by atoms with Crippen LogP contribution in [0.3, 0.4) is 0 Å². The molecule has 0 N–H and O–H groups in total. The van der Waals surface area contributed by atoms with Gasteiger partial charge >= 0.3 is 0 Å². The van der Waals surface area contributed by atoms with Crippen molar-refractivity contribution >= 4 is 11.0 Å². The van der Waals surface area contributed by atoms with Gasteiger partial charge in [0.25, 0.3) is 0 Å². The van der Waals surface area contributed by atoms with E-state index in [-0.39, 0.29) is 16.8 Å². The Bertz CT molecular complexity index is 905. The van der Waals surface area contributed by atoms with Crippen LogP contribution in [0, 0.1) is 11.3 Å².